The summed E-state index contributed by atoms with van der Waals surface area (Å²) in [6.45, 7) is 2.55. The van der Waals surface area contributed by atoms with Crippen molar-refractivity contribution in [1.82, 2.24) is 5.16 Å². The number of aryl methyl sites for hydroxylation is 3. The van der Waals surface area contributed by atoms with E-state index >= 15 is 0 Å². The lowest BCUT2D eigenvalue weighted by Gasteiger charge is -2.32. The molecule has 1 saturated heterocycles. The molecule has 3 aliphatic rings. The van der Waals surface area contributed by atoms with Crippen molar-refractivity contribution < 1.29 is 22.8 Å². The molecule has 0 amide bonds. The third kappa shape index (κ3) is 3.97. The second-order valence-corrected chi connectivity index (χ2v) is 10.1. The third-order valence-corrected chi connectivity index (χ3v) is 7.89. The molecule has 1 aromatic heterocycles. The Kier molecular flexibility index (Phi) is 5.58. The predicted molar refractivity (Wildman–Crippen MR) is 118 cm³/mol. The van der Waals surface area contributed by atoms with E-state index in [9.17, 15) is 13.5 Å². The minimum atomic E-state index is -4.34. The van der Waals surface area contributed by atoms with E-state index in [1.165, 1.54) is 17.2 Å². The third-order valence-electron chi connectivity index (χ3n) is 6.52. The fourth-order valence-corrected chi connectivity index (χ4v) is 6.37. The van der Waals surface area contributed by atoms with Crippen LogP contribution in [-0.4, -0.2) is 38.9 Å². The Morgan fingerprint density at radius 2 is 1.78 bits per heavy atom. The molecule has 0 bridgehead atoms. The zero-order valence-electron chi connectivity index (χ0n) is 18.1. The Labute approximate surface area is 187 Å². The molecule has 2 aromatic rings. The summed E-state index contributed by atoms with van der Waals surface area (Å²) in [6.07, 6.45) is 6.81. The van der Waals surface area contributed by atoms with Crippen LogP contribution in [0.1, 0.15) is 53.7 Å². The van der Waals surface area contributed by atoms with Crippen LogP contribution < -0.4 is 14.7 Å². The van der Waals surface area contributed by atoms with Crippen LogP contribution in [0.2, 0.25) is 0 Å². The molecular formula is C22H27N4O5S-. The Morgan fingerprint density at radius 3 is 2.38 bits per heavy atom. The van der Waals surface area contributed by atoms with Gasteiger partial charge in [0, 0.05) is 25.0 Å². The van der Waals surface area contributed by atoms with Crippen molar-refractivity contribution in [3.8, 4) is 0 Å². The van der Waals surface area contributed by atoms with E-state index in [1.54, 1.807) is 6.92 Å². The van der Waals surface area contributed by atoms with Gasteiger partial charge in [-0.1, -0.05) is 11.2 Å². The Balaban J connectivity index is 1.48. The van der Waals surface area contributed by atoms with Crippen LogP contribution in [0.3, 0.4) is 0 Å². The molecule has 0 atom stereocenters. The number of anilines is 2. The largest absolute Gasteiger partial charge is 0.845 e. The number of hydrogen-bond acceptors (Lipinski definition) is 6. The van der Waals surface area contributed by atoms with Gasteiger partial charge in [0.1, 0.15) is 5.76 Å². The number of aromatic nitrogens is 1. The van der Waals surface area contributed by atoms with Crippen molar-refractivity contribution in [1.29, 1.82) is 0 Å². The zero-order valence-corrected chi connectivity index (χ0v) is 18.9. The standard InChI is InChI=1S/C22H28N4O5S/c1-14-12-20(24-31-14)26(17-8-10-30-11-9-17)32(28,29)25-22(27)23-21-18-6-2-4-15(18)13-16-5-3-7-19(16)21/h12-13,17H,2-11H2,1H3,(H2,23,25,27)/p-1. The van der Waals surface area contributed by atoms with E-state index in [1.807, 2.05) is 0 Å². The van der Waals surface area contributed by atoms with Gasteiger partial charge in [0.05, 0.1) is 12.1 Å². The Bertz CT molecular complexity index is 1120. The summed E-state index contributed by atoms with van der Waals surface area (Å²) in [4.78, 5) is 0. The fourth-order valence-electron chi connectivity index (χ4n) is 5.12. The molecular weight excluding hydrogens is 432 g/mol. The zero-order chi connectivity index (χ0) is 22.3. The highest BCUT2D eigenvalue weighted by atomic mass is 32.2. The highest BCUT2D eigenvalue weighted by Crippen LogP contribution is 2.38. The molecule has 1 aromatic carbocycles. The molecule has 172 valence electrons. The van der Waals surface area contributed by atoms with Gasteiger partial charge < -0.3 is 19.7 Å². The number of fused-ring (bicyclic) bond motifs is 2. The van der Waals surface area contributed by atoms with Gasteiger partial charge in [-0.2, -0.15) is 8.42 Å². The number of amidine groups is 1. The molecule has 32 heavy (non-hydrogen) atoms. The molecule has 0 radical (unpaired) electrons. The molecule has 2 aliphatic carbocycles. The van der Waals surface area contributed by atoms with Crippen LogP contribution in [0.15, 0.2) is 21.1 Å². The SMILES string of the molecule is Cc1cc(N(C2CCOCC2)S(=O)(=O)/N=C(\[O-])Nc2c3c(cc4c2CCC4)CCC3)no1. The van der Waals surface area contributed by atoms with E-state index in [0.717, 1.165) is 59.6 Å². The van der Waals surface area contributed by atoms with Crippen LogP contribution >= 0.6 is 0 Å². The van der Waals surface area contributed by atoms with E-state index < -0.39 is 22.3 Å². The van der Waals surface area contributed by atoms with Gasteiger partial charge in [0.25, 0.3) is 0 Å². The monoisotopic (exact) mass is 459 g/mol. The van der Waals surface area contributed by atoms with Crippen molar-refractivity contribution in [2.45, 2.75) is 64.3 Å². The van der Waals surface area contributed by atoms with E-state index in [0.29, 0.717) is 31.8 Å². The quantitative estimate of drug-likeness (QED) is 0.536. The Morgan fingerprint density at radius 1 is 1.12 bits per heavy atom. The maximum atomic E-state index is 13.3. The predicted octanol–water partition coefficient (Wildman–Crippen LogP) is 2.02. The number of benzene rings is 1. The molecule has 0 spiro atoms. The lowest BCUT2D eigenvalue weighted by Crippen LogP contribution is -2.44. The first-order chi connectivity index (χ1) is 15.4. The minimum Gasteiger partial charge on any atom is -0.845 e. The van der Waals surface area contributed by atoms with Crippen molar-refractivity contribution in [2.24, 2.45) is 4.40 Å². The summed E-state index contributed by atoms with van der Waals surface area (Å²) in [5, 5.41) is 19.6. The molecule has 0 unspecified atom stereocenters. The molecule has 9 nitrogen and oxygen atoms in total. The summed E-state index contributed by atoms with van der Waals surface area (Å²) in [5.41, 5.74) is 5.53. The molecule has 2 heterocycles. The number of rotatable bonds is 5. The molecule has 0 saturated carbocycles. The van der Waals surface area contributed by atoms with Gasteiger partial charge in [-0.3, -0.25) is 0 Å². The number of nitrogens with zero attached hydrogens (tertiary/aromatic N) is 3. The summed E-state index contributed by atoms with van der Waals surface area (Å²) < 4.78 is 41.8. The summed E-state index contributed by atoms with van der Waals surface area (Å²) in [5.74, 6) is 0.611. The average Bonchev–Trinajstić information content (AvgIpc) is 3.49. The van der Waals surface area contributed by atoms with E-state index in [2.05, 4.69) is 20.9 Å². The molecule has 1 fully saturated rings. The van der Waals surface area contributed by atoms with Crippen molar-refractivity contribution in [2.75, 3.05) is 22.8 Å². The smallest absolute Gasteiger partial charge is 0.347 e. The fraction of sp³-hybridized carbons (Fsp3) is 0.545. The van der Waals surface area contributed by atoms with Crippen molar-refractivity contribution in [3.63, 3.8) is 0 Å². The Hall–Kier alpha value is -2.59. The van der Waals surface area contributed by atoms with Gasteiger partial charge >= 0.3 is 10.2 Å². The average molecular weight is 460 g/mol. The lowest BCUT2D eigenvalue weighted by atomic mass is 9.99. The topological polar surface area (TPSA) is 120 Å². The summed E-state index contributed by atoms with van der Waals surface area (Å²) in [7, 11) is -4.34. The van der Waals surface area contributed by atoms with Gasteiger partial charge in [0.2, 0.25) is 0 Å². The molecule has 5 rings (SSSR count). The number of nitrogens with one attached hydrogen (secondary N) is 1. The van der Waals surface area contributed by atoms with Crippen LogP contribution in [0.5, 0.6) is 0 Å². The summed E-state index contributed by atoms with van der Waals surface area (Å²) in [6, 6.07) is 2.52. The first kappa shape index (κ1) is 21.3. The van der Waals surface area contributed by atoms with Gasteiger partial charge in [-0.05, 0) is 80.5 Å². The highest BCUT2D eigenvalue weighted by molar-refractivity contribution is 7.91. The first-order valence-corrected chi connectivity index (χ1v) is 12.6. The van der Waals surface area contributed by atoms with Crippen LogP contribution in [0.4, 0.5) is 11.5 Å². The number of hydrogen-bond donors (Lipinski definition) is 1. The van der Waals surface area contributed by atoms with Crippen LogP contribution in [-0.2, 0) is 40.6 Å². The van der Waals surface area contributed by atoms with Crippen molar-refractivity contribution >= 4 is 27.7 Å². The van der Waals surface area contributed by atoms with Gasteiger partial charge in [0.15, 0.2) is 5.82 Å². The number of ether oxygens (including phenoxy) is 1. The van der Waals surface area contributed by atoms with Crippen molar-refractivity contribution in [3.05, 3.63) is 40.1 Å². The lowest BCUT2D eigenvalue weighted by molar-refractivity contribution is -0.213. The van der Waals surface area contributed by atoms with Crippen LogP contribution in [0.25, 0.3) is 0 Å². The van der Waals surface area contributed by atoms with E-state index in [4.69, 9.17) is 9.26 Å². The second-order valence-electron chi connectivity index (χ2n) is 8.67. The highest BCUT2D eigenvalue weighted by Gasteiger charge is 2.34. The minimum absolute atomic E-state index is 0.132. The summed E-state index contributed by atoms with van der Waals surface area (Å²) >= 11 is 0. The van der Waals surface area contributed by atoms with Crippen LogP contribution in [0, 0.1) is 6.92 Å². The van der Waals surface area contributed by atoms with E-state index in [-0.39, 0.29) is 5.82 Å². The second kappa shape index (κ2) is 8.40. The maximum Gasteiger partial charge on any atom is 0.347 e. The maximum absolute atomic E-state index is 13.3. The first-order valence-electron chi connectivity index (χ1n) is 11.2. The molecule has 10 heteroatoms. The normalized spacial score (nSPS) is 19.1. The van der Waals surface area contributed by atoms with Gasteiger partial charge in [-0.25, -0.2) is 4.31 Å². The van der Waals surface area contributed by atoms with Gasteiger partial charge in [-0.15, -0.1) is 4.40 Å². The molecule has 1 aliphatic heterocycles. The molecule has 1 N–H and O–H groups in total.